The quantitative estimate of drug-likeness (QED) is 0.227. The van der Waals surface area contributed by atoms with Gasteiger partial charge < -0.3 is 13.9 Å². The first-order valence-corrected chi connectivity index (χ1v) is 12.7. The lowest BCUT2D eigenvalue weighted by Crippen LogP contribution is -2.15. The van der Waals surface area contributed by atoms with Crippen molar-refractivity contribution in [3.05, 3.63) is 58.4 Å². The maximum atomic E-state index is 13.5. The Morgan fingerprint density at radius 3 is 2.71 bits per heavy atom. The molecule has 0 unspecified atom stereocenters. The van der Waals surface area contributed by atoms with Crippen molar-refractivity contribution >= 4 is 44.5 Å². The molecule has 0 aliphatic heterocycles. The van der Waals surface area contributed by atoms with Gasteiger partial charge in [0.25, 0.3) is 0 Å². The molecule has 5 rings (SSSR count). The number of fused-ring (bicyclic) bond motifs is 2. The number of thiazole rings is 1. The minimum absolute atomic E-state index is 0.0680. The first kappa shape index (κ1) is 23.2. The average Bonchev–Trinajstić information content (AvgIpc) is 3.52. The molecule has 1 saturated carbocycles. The van der Waals surface area contributed by atoms with E-state index in [1.54, 1.807) is 19.1 Å². The van der Waals surface area contributed by atoms with Crippen molar-refractivity contribution in [1.29, 1.82) is 0 Å². The maximum absolute atomic E-state index is 13.5. The van der Waals surface area contributed by atoms with Gasteiger partial charge in [-0.25, -0.2) is 9.78 Å². The van der Waals surface area contributed by atoms with Crippen molar-refractivity contribution in [3.8, 4) is 16.3 Å². The van der Waals surface area contributed by atoms with E-state index in [-0.39, 0.29) is 40.6 Å². The number of aromatic nitrogens is 1. The van der Waals surface area contributed by atoms with Gasteiger partial charge in [0.2, 0.25) is 11.2 Å². The highest BCUT2D eigenvalue weighted by Gasteiger charge is 2.26. The number of benzene rings is 2. The number of carbonyl (C=O) groups is 2. The summed E-state index contributed by atoms with van der Waals surface area (Å²) in [7, 11) is 0. The Morgan fingerprint density at radius 1 is 1.14 bits per heavy atom. The van der Waals surface area contributed by atoms with E-state index in [4.69, 9.17) is 13.9 Å². The molecule has 0 spiro atoms. The van der Waals surface area contributed by atoms with E-state index >= 15 is 0 Å². The zero-order valence-electron chi connectivity index (χ0n) is 19.4. The van der Waals surface area contributed by atoms with Crippen LogP contribution >= 0.6 is 11.3 Å². The van der Waals surface area contributed by atoms with E-state index in [1.165, 1.54) is 43.1 Å². The molecule has 0 atom stereocenters. The molecule has 0 bridgehead atoms. The fourth-order valence-corrected chi connectivity index (χ4v) is 5.56. The number of hydrogen-bond acceptors (Lipinski definition) is 8. The number of rotatable bonds is 7. The van der Waals surface area contributed by atoms with Gasteiger partial charge in [-0.3, -0.25) is 9.59 Å². The highest BCUT2D eigenvalue weighted by Crippen LogP contribution is 2.33. The van der Waals surface area contributed by atoms with Crippen LogP contribution in [0.5, 0.6) is 5.75 Å². The van der Waals surface area contributed by atoms with Crippen molar-refractivity contribution in [2.75, 3.05) is 6.61 Å². The van der Waals surface area contributed by atoms with Crippen LogP contribution in [0.25, 0.3) is 31.8 Å². The van der Waals surface area contributed by atoms with Gasteiger partial charge in [0, 0.05) is 12.5 Å². The Labute approximate surface area is 205 Å². The van der Waals surface area contributed by atoms with E-state index in [9.17, 15) is 14.4 Å². The molecule has 7 nitrogen and oxygen atoms in total. The SMILES string of the molecule is CCOC(=O)c1oc2cc(OC(=O)CCC3CCCC3)ccc2c(=O)c1-c1nc2ccccc2s1. The molecule has 0 N–H and O–H groups in total. The summed E-state index contributed by atoms with van der Waals surface area (Å²) >= 11 is 1.30. The predicted octanol–water partition coefficient (Wildman–Crippen LogP) is 6.12. The molecule has 0 saturated heterocycles. The molecule has 180 valence electrons. The third-order valence-corrected chi connectivity index (χ3v) is 7.35. The van der Waals surface area contributed by atoms with E-state index < -0.39 is 11.4 Å². The topological polar surface area (TPSA) is 95.7 Å². The molecule has 35 heavy (non-hydrogen) atoms. The Hall–Kier alpha value is -3.52. The zero-order valence-corrected chi connectivity index (χ0v) is 20.2. The molecule has 1 fully saturated rings. The van der Waals surface area contributed by atoms with Gasteiger partial charge >= 0.3 is 11.9 Å². The molecule has 0 amide bonds. The highest BCUT2D eigenvalue weighted by molar-refractivity contribution is 7.21. The Morgan fingerprint density at radius 2 is 1.94 bits per heavy atom. The molecular formula is C27H25NO6S. The van der Waals surface area contributed by atoms with Crippen LogP contribution in [-0.2, 0) is 9.53 Å². The maximum Gasteiger partial charge on any atom is 0.375 e. The molecule has 8 heteroatoms. The summed E-state index contributed by atoms with van der Waals surface area (Å²) in [6, 6.07) is 12.1. The van der Waals surface area contributed by atoms with E-state index in [0.29, 0.717) is 17.3 Å². The molecule has 2 aromatic carbocycles. The van der Waals surface area contributed by atoms with Crippen LogP contribution in [0.2, 0.25) is 0 Å². The fraction of sp³-hybridized carbons (Fsp3) is 0.333. The number of ether oxygens (including phenoxy) is 2. The average molecular weight is 492 g/mol. The number of carbonyl (C=O) groups excluding carboxylic acids is 2. The normalized spacial score (nSPS) is 14.0. The standard InChI is InChI=1S/C27H25NO6S/c1-2-32-27(31)25-23(26-28-19-9-5-6-10-21(19)35-26)24(30)18-13-12-17(15-20(18)34-25)33-22(29)14-11-16-7-3-4-8-16/h5-6,9-10,12-13,15-16H,2-4,7-8,11,14H2,1H3. The summed E-state index contributed by atoms with van der Waals surface area (Å²) in [6.07, 6.45) is 5.96. The lowest BCUT2D eigenvalue weighted by molar-refractivity contribution is -0.134. The van der Waals surface area contributed by atoms with Crippen molar-refractivity contribution in [2.24, 2.45) is 5.92 Å². The van der Waals surface area contributed by atoms with Gasteiger partial charge in [-0.2, -0.15) is 0 Å². The molecule has 1 aliphatic rings. The van der Waals surface area contributed by atoms with Crippen molar-refractivity contribution < 1.29 is 23.5 Å². The first-order valence-electron chi connectivity index (χ1n) is 11.9. The van der Waals surface area contributed by atoms with Crippen molar-refractivity contribution in [2.45, 2.75) is 45.4 Å². The second-order valence-corrected chi connectivity index (χ2v) is 9.69. The summed E-state index contributed by atoms with van der Waals surface area (Å²) in [5.74, 6) is -0.437. The van der Waals surface area contributed by atoms with Crippen molar-refractivity contribution in [3.63, 3.8) is 0 Å². The van der Waals surface area contributed by atoms with Gasteiger partial charge in [-0.15, -0.1) is 11.3 Å². The number of hydrogen-bond donors (Lipinski definition) is 0. The minimum atomic E-state index is -0.750. The third-order valence-electron chi connectivity index (χ3n) is 6.30. The van der Waals surface area contributed by atoms with Crippen LogP contribution in [0.3, 0.4) is 0 Å². The van der Waals surface area contributed by atoms with Crippen LogP contribution < -0.4 is 10.2 Å². The monoisotopic (exact) mass is 491 g/mol. The molecule has 4 aromatic rings. The largest absolute Gasteiger partial charge is 0.460 e. The minimum Gasteiger partial charge on any atom is -0.460 e. The Kier molecular flexibility index (Phi) is 6.63. The van der Waals surface area contributed by atoms with Crippen molar-refractivity contribution in [1.82, 2.24) is 4.98 Å². The van der Waals surface area contributed by atoms with Crippen LogP contribution in [0.1, 0.15) is 56.0 Å². The summed E-state index contributed by atoms with van der Waals surface area (Å²) in [5.41, 5.74) is 0.539. The lowest BCUT2D eigenvalue weighted by Gasteiger charge is -2.10. The van der Waals surface area contributed by atoms with Crippen LogP contribution in [0.4, 0.5) is 0 Å². The third kappa shape index (κ3) is 4.84. The Bertz CT molecular complexity index is 1430. The molecule has 2 aromatic heterocycles. The second kappa shape index (κ2) is 10.00. The highest BCUT2D eigenvalue weighted by atomic mass is 32.1. The van der Waals surface area contributed by atoms with E-state index in [0.717, 1.165) is 16.6 Å². The Balaban J connectivity index is 1.51. The van der Waals surface area contributed by atoms with Gasteiger partial charge in [-0.05, 0) is 43.5 Å². The van der Waals surface area contributed by atoms with Crippen LogP contribution in [-0.4, -0.2) is 23.5 Å². The molecule has 0 radical (unpaired) electrons. The van der Waals surface area contributed by atoms with Crippen LogP contribution in [0, 0.1) is 5.92 Å². The van der Waals surface area contributed by atoms with Gasteiger partial charge in [0.05, 0.1) is 22.2 Å². The van der Waals surface area contributed by atoms with Gasteiger partial charge in [-0.1, -0.05) is 37.8 Å². The smallest absolute Gasteiger partial charge is 0.375 e. The number of esters is 2. The summed E-state index contributed by atoms with van der Waals surface area (Å²) in [4.78, 5) is 43.2. The van der Waals surface area contributed by atoms with E-state index in [1.807, 2.05) is 24.3 Å². The summed E-state index contributed by atoms with van der Waals surface area (Å²) in [6.45, 7) is 1.80. The predicted molar refractivity (Wildman–Crippen MR) is 134 cm³/mol. The molecule has 1 aliphatic carbocycles. The summed E-state index contributed by atoms with van der Waals surface area (Å²) in [5, 5.41) is 0.644. The van der Waals surface area contributed by atoms with Gasteiger partial charge in [0.15, 0.2) is 0 Å². The van der Waals surface area contributed by atoms with E-state index in [2.05, 4.69) is 4.98 Å². The number of nitrogens with zero attached hydrogens (tertiary/aromatic N) is 1. The zero-order chi connectivity index (χ0) is 24.4. The number of para-hydroxylation sites is 1. The molecular weight excluding hydrogens is 466 g/mol. The summed E-state index contributed by atoms with van der Waals surface area (Å²) < 4.78 is 17.4. The first-order chi connectivity index (χ1) is 17.0. The fourth-order valence-electron chi connectivity index (χ4n) is 4.55. The van der Waals surface area contributed by atoms with Gasteiger partial charge in [0.1, 0.15) is 21.9 Å². The second-order valence-electron chi connectivity index (χ2n) is 8.66. The lowest BCUT2D eigenvalue weighted by atomic mass is 10.0. The molecule has 2 heterocycles. The van der Waals surface area contributed by atoms with Crippen LogP contribution in [0.15, 0.2) is 51.7 Å².